The van der Waals surface area contributed by atoms with E-state index in [1.165, 1.54) is 18.3 Å². The van der Waals surface area contributed by atoms with E-state index in [1.807, 2.05) is 0 Å². The van der Waals surface area contributed by atoms with Crippen molar-refractivity contribution in [3.63, 3.8) is 0 Å². The van der Waals surface area contributed by atoms with Crippen molar-refractivity contribution in [1.29, 1.82) is 0 Å². The van der Waals surface area contributed by atoms with E-state index in [1.54, 1.807) is 31.5 Å². The normalized spacial score (nSPS) is 17.8. The van der Waals surface area contributed by atoms with Crippen molar-refractivity contribution in [2.24, 2.45) is 0 Å². The van der Waals surface area contributed by atoms with E-state index in [0.717, 1.165) is 12.8 Å². The number of nitrogens with one attached hydrogen (secondary N) is 2. The summed E-state index contributed by atoms with van der Waals surface area (Å²) in [6.45, 7) is 2.01. The zero-order valence-corrected chi connectivity index (χ0v) is 19.3. The first-order valence-corrected chi connectivity index (χ1v) is 11.5. The molecule has 0 bridgehead atoms. The predicted molar refractivity (Wildman–Crippen MR) is 128 cm³/mol. The molecule has 1 aliphatic rings. The summed E-state index contributed by atoms with van der Waals surface area (Å²) in [6, 6.07) is 6.06. The average molecular weight is 486 g/mol. The summed E-state index contributed by atoms with van der Waals surface area (Å²) < 4.78 is 18.6. The van der Waals surface area contributed by atoms with E-state index >= 15 is 0 Å². The van der Waals surface area contributed by atoms with Crippen LogP contribution >= 0.6 is 11.6 Å². The lowest BCUT2D eigenvalue weighted by Gasteiger charge is -2.27. The predicted octanol–water partition coefficient (Wildman–Crippen LogP) is 4.97. The molecule has 2 aromatic heterocycles. The van der Waals surface area contributed by atoms with Crippen molar-refractivity contribution >= 4 is 35.0 Å². The largest absolute Gasteiger partial charge is 0.462 e. The summed E-state index contributed by atoms with van der Waals surface area (Å²) in [7, 11) is 0. The maximum absolute atomic E-state index is 13.5. The van der Waals surface area contributed by atoms with Gasteiger partial charge in [0.1, 0.15) is 11.6 Å². The van der Waals surface area contributed by atoms with Crippen LogP contribution in [-0.2, 0) is 4.74 Å². The third kappa shape index (κ3) is 5.78. The molecule has 34 heavy (non-hydrogen) atoms. The summed E-state index contributed by atoms with van der Waals surface area (Å²) in [5, 5.41) is 16.3. The third-order valence-electron chi connectivity index (χ3n) is 5.56. The number of carbonyl (C=O) groups excluding carboxylic acids is 1. The van der Waals surface area contributed by atoms with Gasteiger partial charge in [-0.2, -0.15) is 4.98 Å². The summed E-state index contributed by atoms with van der Waals surface area (Å²) in [6.07, 6.45) is 7.43. The van der Waals surface area contributed by atoms with Crippen LogP contribution < -0.4 is 10.6 Å². The third-order valence-corrected chi connectivity index (χ3v) is 5.85. The molecule has 3 N–H and O–H groups in total. The Morgan fingerprint density at radius 2 is 2.00 bits per heavy atom. The molecule has 2 heterocycles. The molecule has 0 aliphatic heterocycles. The van der Waals surface area contributed by atoms with Crippen LogP contribution in [0.4, 0.5) is 21.8 Å². The molecule has 3 aromatic rings. The highest BCUT2D eigenvalue weighted by Crippen LogP contribution is 2.31. The van der Waals surface area contributed by atoms with E-state index in [0.29, 0.717) is 47.0 Å². The molecule has 0 spiro atoms. The molecule has 178 valence electrons. The van der Waals surface area contributed by atoms with Gasteiger partial charge in [-0.3, -0.25) is 4.98 Å². The van der Waals surface area contributed by atoms with Gasteiger partial charge in [0, 0.05) is 41.4 Å². The van der Waals surface area contributed by atoms with Gasteiger partial charge in [-0.15, -0.1) is 0 Å². The second kappa shape index (κ2) is 10.8. The van der Waals surface area contributed by atoms with Crippen molar-refractivity contribution < 1.29 is 19.0 Å². The molecular weight excluding hydrogens is 461 g/mol. The van der Waals surface area contributed by atoms with Gasteiger partial charge in [-0.05, 0) is 56.9 Å². The van der Waals surface area contributed by atoms with Crippen molar-refractivity contribution in [3.05, 3.63) is 59.3 Å². The Bertz CT molecular complexity index is 1170. The Labute approximate surface area is 201 Å². The highest BCUT2D eigenvalue weighted by Gasteiger charge is 2.22. The van der Waals surface area contributed by atoms with Gasteiger partial charge >= 0.3 is 5.97 Å². The van der Waals surface area contributed by atoms with Crippen LogP contribution in [0.25, 0.3) is 11.1 Å². The van der Waals surface area contributed by atoms with Crippen LogP contribution in [-0.4, -0.2) is 44.8 Å². The number of benzene rings is 1. The van der Waals surface area contributed by atoms with Gasteiger partial charge in [0.2, 0.25) is 5.95 Å². The number of ether oxygens (including phenoxy) is 1. The first kappa shape index (κ1) is 23.8. The number of esters is 1. The van der Waals surface area contributed by atoms with E-state index in [9.17, 15) is 14.3 Å². The van der Waals surface area contributed by atoms with Crippen molar-refractivity contribution in [2.75, 3.05) is 17.2 Å². The first-order chi connectivity index (χ1) is 16.4. The van der Waals surface area contributed by atoms with Crippen molar-refractivity contribution in [1.82, 2.24) is 15.0 Å². The van der Waals surface area contributed by atoms with Crippen molar-refractivity contribution in [2.45, 2.75) is 44.8 Å². The molecule has 0 saturated heterocycles. The molecule has 0 amide bonds. The molecule has 0 atom stereocenters. The SMILES string of the molecule is CCOC(=O)c1cncc(-c2cnc(Nc3ccc(F)c(Cl)c3)nc2N[C@H]2CC[C@H](O)CC2)c1. The summed E-state index contributed by atoms with van der Waals surface area (Å²) in [4.78, 5) is 25.4. The van der Waals surface area contributed by atoms with E-state index in [2.05, 4.69) is 25.6 Å². The second-order valence-electron chi connectivity index (χ2n) is 8.04. The van der Waals surface area contributed by atoms with Crippen LogP contribution in [0.15, 0.2) is 42.9 Å². The molecule has 8 nitrogen and oxygen atoms in total. The number of aliphatic hydroxyl groups is 1. The minimum absolute atomic E-state index is 0.0115. The molecule has 1 saturated carbocycles. The zero-order chi connectivity index (χ0) is 24.1. The van der Waals surface area contributed by atoms with E-state index in [-0.39, 0.29) is 23.8 Å². The molecule has 10 heteroatoms. The van der Waals surface area contributed by atoms with Gasteiger partial charge < -0.3 is 20.5 Å². The van der Waals surface area contributed by atoms with Crippen LogP contribution in [0.5, 0.6) is 0 Å². The van der Waals surface area contributed by atoms with E-state index in [4.69, 9.17) is 16.3 Å². The fourth-order valence-electron chi connectivity index (χ4n) is 3.79. The average Bonchev–Trinajstić information content (AvgIpc) is 2.83. The highest BCUT2D eigenvalue weighted by molar-refractivity contribution is 6.31. The maximum Gasteiger partial charge on any atom is 0.339 e. The van der Waals surface area contributed by atoms with E-state index < -0.39 is 11.8 Å². The molecule has 1 aromatic carbocycles. The number of aliphatic hydroxyl groups excluding tert-OH is 1. The standard InChI is InChI=1S/C24H25ClFN5O3/c1-2-34-23(33)15-9-14(11-27-12-15)19-13-28-24(30-17-5-8-21(26)20(25)10-17)31-22(19)29-16-3-6-18(32)7-4-16/h5,8-13,16,18,32H,2-4,6-7H2,1H3,(H2,28,29,30,31)/t16-,18-. The van der Waals surface area contributed by atoms with Gasteiger partial charge in [0.15, 0.2) is 0 Å². The lowest BCUT2D eigenvalue weighted by Crippen LogP contribution is -2.28. The van der Waals surface area contributed by atoms with Crippen LogP contribution in [0.3, 0.4) is 0 Å². The fraction of sp³-hybridized carbons (Fsp3) is 0.333. The lowest BCUT2D eigenvalue weighted by molar-refractivity contribution is 0.0526. The molecule has 4 rings (SSSR count). The number of hydrogen-bond acceptors (Lipinski definition) is 8. The number of halogens is 2. The Morgan fingerprint density at radius 3 is 2.74 bits per heavy atom. The zero-order valence-electron chi connectivity index (χ0n) is 18.6. The monoisotopic (exact) mass is 485 g/mol. The molecular formula is C24H25ClFN5O3. The number of aromatic nitrogens is 3. The summed E-state index contributed by atoms with van der Waals surface area (Å²) in [5.41, 5.74) is 2.18. The lowest BCUT2D eigenvalue weighted by atomic mass is 9.93. The Hall–Kier alpha value is -3.30. The minimum Gasteiger partial charge on any atom is -0.462 e. The van der Waals surface area contributed by atoms with Gasteiger partial charge in [0.25, 0.3) is 0 Å². The summed E-state index contributed by atoms with van der Waals surface area (Å²) in [5.74, 6) is -0.131. The van der Waals surface area contributed by atoms with Crippen LogP contribution in [0.1, 0.15) is 43.0 Å². The number of pyridine rings is 1. The van der Waals surface area contributed by atoms with Gasteiger partial charge in [-0.25, -0.2) is 14.2 Å². The molecule has 0 radical (unpaired) electrons. The number of nitrogens with zero attached hydrogens (tertiary/aromatic N) is 3. The van der Waals surface area contributed by atoms with Crippen LogP contribution in [0.2, 0.25) is 5.02 Å². The maximum atomic E-state index is 13.5. The number of rotatable bonds is 7. The number of hydrogen-bond donors (Lipinski definition) is 3. The Morgan fingerprint density at radius 1 is 1.21 bits per heavy atom. The molecule has 1 aliphatic carbocycles. The second-order valence-corrected chi connectivity index (χ2v) is 8.45. The van der Waals surface area contributed by atoms with Gasteiger partial charge in [0.05, 0.1) is 23.3 Å². The van der Waals surface area contributed by atoms with Gasteiger partial charge in [-0.1, -0.05) is 11.6 Å². The number of anilines is 3. The summed E-state index contributed by atoms with van der Waals surface area (Å²) >= 11 is 5.89. The van der Waals surface area contributed by atoms with Crippen molar-refractivity contribution in [3.8, 4) is 11.1 Å². The Balaban J connectivity index is 1.66. The Kier molecular flexibility index (Phi) is 7.54. The highest BCUT2D eigenvalue weighted by atomic mass is 35.5. The minimum atomic E-state index is -0.515. The quantitative estimate of drug-likeness (QED) is 0.402. The number of carbonyl (C=O) groups is 1. The fourth-order valence-corrected chi connectivity index (χ4v) is 3.97. The molecule has 0 unspecified atom stereocenters. The first-order valence-electron chi connectivity index (χ1n) is 11.1. The smallest absolute Gasteiger partial charge is 0.339 e. The molecule has 1 fully saturated rings. The topological polar surface area (TPSA) is 109 Å². The van der Waals surface area contributed by atoms with Crippen LogP contribution in [0, 0.1) is 5.82 Å².